The van der Waals surface area contributed by atoms with Gasteiger partial charge in [0, 0.05) is 58.1 Å². The molecule has 2 aliphatic heterocycles. The largest absolute Gasteiger partial charge is 0.340 e. The van der Waals surface area contributed by atoms with E-state index in [4.69, 9.17) is 0 Å². The van der Waals surface area contributed by atoms with Crippen molar-refractivity contribution in [1.82, 2.24) is 24.5 Å². The number of amides is 1. The second-order valence-corrected chi connectivity index (χ2v) is 7.90. The molecule has 3 heterocycles. The molecule has 0 bridgehead atoms. The van der Waals surface area contributed by atoms with E-state index in [9.17, 15) is 4.79 Å². The number of aryl methyl sites for hydroxylation is 1. The van der Waals surface area contributed by atoms with E-state index in [-0.39, 0.29) is 5.54 Å². The molecule has 2 fully saturated rings. The van der Waals surface area contributed by atoms with Crippen molar-refractivity contribution in [2.45, 2.75) is 38.8 Å². The molecule has 0 aliphatic carbocycles. The maximum absolute atomic E-state index is 13.2. The Morgan fingerprint density at radius 3 is 2.46 bits per heavy atom. The van der Waals surface area contributed by atoms with E-state index in [2.05, 4.69) is 46.9 Å². The molecule has 1 aromatic rings. The number of carbonyl (C=O) groups excluding carboxylic acids is 1. The molecular formula is C18H31N5O. The van der Waals surface area contributed by atoms with Crippen LogP contribution < -0.4 is 0 Å². The third-order valence-corrected chi connectivity index (χ3v) is 5.55. The molecule has 1 amide bonds. The molecule has 0 radical (unpaired) electrons. The molecule has 24 heavy (non-hydrogen) atoms. The van der Waals surface area contributed by atoms with Gasteiger partial charge in [-0.05, 0) is 25.8 Å². The van der Waals surface area contributed by atoms with E-state index in [1.54, 1.807) is 0 Å². The third kappa shape index (κ3) is 3.35. The van der Waals surface area contributed by atoms with Gasteiger partial charge in [-0.15, -0.1) is 0 Å². The predicted octanol–water partition coefficient (Wildman–Crippen LogP) is 1.18. The molecular weight excluding hydrogens is 302 g/mol. The molecule has 0 saturated carbocycles. The van der Waals surface area contributed by atoms with Crippen molar-refractivity contribution in [2.75, 3.05) is 39.8 Å². The van der Waals surface area contributed by atoms with Gasteiger partial charge in [0.2, 0.25) is 5.91 Å². The zero-order valence-electron chi connectivity index (χ0n) is 15.5. The molecule has 6 nitrogen and oxygen atoms in total. The number of carbonyl (C=O) groups is 1. The fraction of sp³-hybridized carbons (Fsp3) is 0.778. The van der Waals surface area contributed by atoms with Gasteiger partial charge in [0.15, 0.2) is 0 Å². The Morgan fingerprint density at radius 1 is 1.17 bits per heavy atom. The first-order chi connectivity index (χ1) is 11.4. The SMILES string of the molecule is CC(C)CN1CCN(C)C2(CCN(Cc3cnn(C)c3)CC2)C1=O. The van der Waals surface area contributed by atoms with Crippen LogP contribution in [0.2, 0.25) is 0 Å². The summed E-state index contributed by atoms with van der Waals surface area (Å²) in [6, 6.07) is 0. The lowest BCUT2D eigenvalue weighted by atomic mass is 9.82. The second kappa shape index (κ2) is 6.84. The molecule has 0 aromatic carbocycles. The van der Waals surface area contributed by atoms with Crippen LogP contribution in [-0.2, 0) is 18.4 Å². The van der Waals surface area contributed by atoms with Crippen molar-refractivity contribution in [3.05, 3.63) is 18.0 Å². The summed E-state index contributed by atoms with van der Waals surface area (Å²) in [5.41, 5.74) is 0.969. The predicted molar refractivity (Wildman–Crippen MR) is 94.5 cm³/mol. The fourth-order valence-electron chi connectivity index (χ4n) is 4.15. The highest BCUT2D eigenvalue weighted by Gasteiger charge is 2.49. The van der Waals surface area contributed by atoms with Gasteiger partial charge in [0.05, 0.1) is 6.20 Å². The van der Waals surface area contributed by atoms with E-state index in [0.29, 0.717) is 11.8 Å². The number of hydrogen-bond donors (Lipinski definition) is 0. The van der Waals surface area contributed by atoms with Gasteiger partial charge in [0.1, 0.15) is 5.54 Å². The third-order valence-electron chi connectivity index (χ3n) is 5.55. The smallest absolute Gasteiger partial charge is 0.243 e. The van der Waals surface area contributed by atoms with Crippen LogP contribution >= 0.6 is 0 Å². The quantitative estimate of drug-likeness (QED) is 0.830. The van der Waals surface area contributed by atoms with E-state index in [1.165, 1.54) is 5.56 Å². The van der Waals surface area contributed by atoms with Gasteiger partial charge in [0.25, 0.3) is 0 Å². The summed E-state index contributed by atoms with van der Waals surface area (Å²) in [5.74, 6) is 0.881. The minimum atomic E-state index is -0.279. The fourth-order valence-corrected chi connectivity index (χ4v) is 4.15. The van der Waals surface area contributed by atoms with E-state index in [1.807, 2.05) is 17.9 Å². The summed E-state index contributed by atoms with van der Waals surface area (Å²) in [6.45, 7) is 9.99. The highest BCUT2D eigenvalue weighted by Crippen LogP contribution is 2.33. The van der Waals surface area contributed by atoms with Crippen LogP contribution in [0.15, 0.2) is 12.4 Å². The number of rotatable bonds is 4. The first-order valence-corrected chi connectivity index (χ1v) is 9.11. The number of nitrogens with zero attached hydrogens (tertiary/aromatic N) is 5. The lowest BCUT2D eigenvalue weighted by Gasteiger charge is -2.52. The van der Waals surface area contributed by atoms with Crippen LogP contribution in [0.1, 0.15) is 32.3 Å². The van der Waals surface area contributed by atoms with Crippen molar-refractivity contribution >= 4 is 5.91 Å². The number of hydrogen-bond acceptors (Lipinski definition) is 4. The van der Waals surface area contributed by atoms with Crippen LogP contribution in [0.3, 0.4) is 0 Å². The molecule has 2 aliphatic rings. The average Bonchev–Trinajstić information content (AvgIpc) is 2.95. The summed E-state index contributed by atoms with van der Waals surface area (Å²) < 4.78 is 1.85. The summed E-state index contributed by atoms with van der Waals surface area (Å²) in [4.78, 5) is 20.0. The maximum Gasteiger partial charge on any atom is 0.243 e. The number of piperidine rings is 1. The molecule has 6 heteroatoms. The van der Waals surface area contributed by atoms with Gasteiger partial charge < -0.3 is 4.90 Å². The molecule has 0 N–H and O–H groups in total. The number of likely N-dealkylation sites (tertiary alicyclic amines) is 1. The molecule has 0 atom stereocenters. The van der Waals surface area contributed by atoms with Crippen LogP contribution in [0.4, 0.5) is 0 Å². The Balaban J connectivity index is 1.64. The lowest BCUT2D eigenvalue weighted by Crippen LogP contribution is -2.67. The van der Waals surface area contributed by atoms with Crippen molar-refractivity contribution in [2.24, 2.45) is 13.0 Å². The Labute approximate surface area is 145 Å². The molecule has 1 aromatic heterocycles. The van der Waals surface area contributed by atoms with Crippen LogP contribution in [0, 0.1) is 5.92 Å². The second-order valence-electron chi connectivity index (χ2n) is 7.90. The zero-order valence-corrected chi connectivity index (χ0v) is 15.5. The standard InChI is InChI=1S/C18H31N5O/c1-15(2)12-23-10-9-20(3)18(17(23)24)5-7-22(8-6-18)14-16-11-19-21(4)13-16/h11,13,15H,5-10,12,14H2,1-4H3. The van der Waals surface area contributed by atoms with Gasteiger partial charge in [-0.3, -0.25) is 19.3 Å². The zero-order chi connectivity index (χ0) is 17.3. The van der Waals surface area contributed by atoms with Gasteiger partial charge in [-0.2, -0.15) is 5.10 Å². The molecule has 3 rings (SSSR count). The summed E-state index contributed by atoms with van der Waals surface area (Å²) in [5, 5.41) is 4.25. The Bertz CT molecular complexity index is 574. The van der Waals surface area contributed by atoms with Gasteiger partial charge in [-0.25, -0.2) is 0 Å². The van der Waals surface area contributed by atoms with E-state index in [0.717, 1.165) is 52.1 Å². The summed E-state index contributed by atoms with van der Waals surface area (Å²) in [7, 11) is 4.08. The van der Waals surface area contributed by atoms with Crippen molar-refractivity contribution in [1.29, 1.82) is 0 Å². The van der Waals surface area contributed by atoms with E-state index >= 15 is 0 Å². The minimum absolute atomic E-state index is 0.279. The minimum Gasteiger partial charge on any atom is -0.340 e. The molecule has 0 unspecified atom stereocenters. The highest BCUT2D eigenvalue weighted by atomic mass is 16.2. The number of aromatic nitrogens is 2. The number of likely N-dealkylation sites (N-methyl/N-ethyl adjacent to an activating group) is 1. The molecule has 134 valence electrons. The highest BCUT2D eigenvalue weighted by molar-refractivity contribution is 5.87. The first kappa shape index (κ1) is 17.4. The topological polar surface area (TPSA) is 44.6 Å². The van der Waals surface area contributed by atoms with Crippen LogP contribution in [0.5, 0.6) is 0 Å². The summed E-state index contributed by atoms with van der Waals surface area (Å²) >= 11 is 0. The first-order valence-electron chi connectivity index (χ1n) is 9.11. The monoisotopic (exact) mass is 333 g/mol. The van der Waals surface area contributed by atoms with Crippen molar-refractivity contribution in [3.8, 4) is 0 Å². The summed E-state index contributed by atoms with van der Waals surface area (Å²) in [6.07, 6.45) is 5.87. The van der Waals surface area contributed by atoms with Crippen LogP contribution in [0.25, 0.3) is 0 Å². The van der Waals surface area contributed by atoms with Crippen molar-refractivity contribution < 1.29 is 4.79 Å². The molecule has 2 saturated heterocycles. The lowest BCUT2D eigenvalue weighted by molar-refractivity contribution is -0.155. The normalized spacial score (nSPS) is 22.7. The van der Waals surface area contributed by atoms with E-state index < -0.39 is 0 Å². The molecule has 1 spiro atoms. The van der Waals surface area contributed by atoms with Gasteiger partial charge >= 0.3 is 0 Å². The Hall–Kier alpha value is -1.40. The Morgan fingerprint density at radius 2 is 1.88 bits per heavy atom. The number of piperazine rings is 1. The van der Waals surface area contributed by atoms with Crippen molar-refractivity contribution in [3.63, 3.8) is 0 Å². The average molecular weight is 333 g/mol. The Kier molecular flexibility index (Phi) is 4.97. The van der Waals surface area contributed by atoms with Crippen LogP contribution in [-0.4, -0.2) is 75.7 Å². The van der Waals surface area contributed by atoms with Gasteiger partial charge in [-0.1, -0.05) is 13.8 Å². The maximum atomic E-state index is 13.2.